The number of thiophene rings is 1. The number of hydrogen-bond acceptors (Lipinski definition) is 7. The van der Waals surface area contributed by atoms with Crippen molar-refractivity contribution in [3.8, 4) is 0 Å². The van der Waals surface area contributed by atoms with Crippen molar-refractivity contribution in [1.82, 2.24) is 14.7 Å². The number of carbonyl (C=O) groups is 2. The first-order valence-electron chi connectivity index (χ1n) is 12.2. The molecule has 2 amide bonds. The van der Waals surface area contributed by atoms with Gasteiger partial charge in [0.15, 0.2) is 0 Å². The van der Waals surface area contributed by atoms with Gasteiger partial charge < -0.3 is 10.2 Å². The Morgan fingerprint density at radius 1 is 1.06 bits per heavy atom. The molecule has 180 valence electrons. The summed E-state index contributed by atoms with van der Waals surface area (Å²) in [5, 5.41) is 4.75. The molecule has 0 radical (unpaired) electrons. The number of benzene rings is 1. The van der Waals surface area contributed by atoms with Gasteiger partial charge in [0.25, 0.3) is 0 Å². The van der Waals surface area contributed by atoms with Crippen molar-refractivity contribution >= 4 is 45.4 Å². The number of likely N-dealkylation sites (tertiary alicyclic amines) is 1. The molecule has 2 fully saturated rings. The highest BCUT2D eigenvalue weighted by atomic mass is 32.1. The molecule has 3 aliphatic rings. The first-order chi connectivity index (χ1) is 16.3. The smallest absolute Gasteiger partial charge is 0.235 e. The van der Waals surface area contributed by atoms with Crippen LogP contribution in [-0.2, 0) is 9.59 Å². The van der Waals surface area contributed by atoms with Gasteiger partial charge in [0, 0.05) is 44.0 Å². The van der Waals surface area contributed by atoms with Gasteiger partial charge in [0.1, 0.15) is 10.8 Å². The Balaban J connectivity index is 1.17. The number of para-hydroxylation sites is 2. The Labute approximate surface area is 205 Å². The molecule has 5 rings (SSSR count). The second-order valence-corrected chi connectivity index (χ2v) is 11.4. The average molecular weight is 480 g/mol. The van der Waals surface area contributed by atoms with Crippen molar-refractivity contribution in [3.05, 3.63) is 40.8 Å². The van der Waals surface area contributed by atoms with Gasteiger partial charge >= 0.3 is 0 Å². The standard InChI is InChI=1S/C26H33N5O2S/c1-18-16-19-23(27-20-8-4-5-9-21(20)28-24(19)34-18)30-14-12-29(13-15-30)10-6-7-11-31-22(32)17-26(2,3)25(31)33/h4-5,8-9,16,28H,6-7,10-15,17H2,1-3H3. The van der Waals surface area contributed by atoms with Crippen molar-refractivity contribution in [2.24, 2.45) is 10.4 Å². The van der Waals surface area contributed by atoms with Gasteiger partial charge in [-0.15, -0.1) is 11.3 Å². The van der Waals surface area contributed by atoms with E-state index in [1.807, 2.05) is 26.0 Å². The van der Waals surface area contributed by atoms with Crippen LogP contribution in [0.15, 0.2) is 35.3 Å². The third kappa shape index (κ3) is 4.49. The lowest BCUT2D eigenvalue weighted by Gasteiger charge is -2.36. The summed E-state index contributed by atoms with van der Waals surface area (Å²) in [6.45, 7) is 11.3. The fraction of sp³-hybridized carbons (Fsp3) is 0.500. The van der Waals surface area contributed by atoms with Gasteiger partial charge in [-0.2, -0.15) is 0 Å². The van der Waals surface area contributed by atoms with E-state index in [0.29, 0.717) is 13.0 Å². The van der Waals surface area contributed by atoms with Crippen LogP contribution in [-0.4, -0.2) is 71.6 Å². The molecule has 1 aromatic carbocycles. The molecule has 1 N–H and O–H groups in total. The number of nitrogens with one attached hydrogen (secondary N) is 1. The molecule has 2 saturated heterocycles. The van der Waals surface area contributed by atoms with Gasteiger partial charge in [-0.1, -0.05) is 26.0 Å². The first-order valence-corrected chi connectivity index (χ1v) is 13.0. The molecule has 8 heteroatoms. The highest BCUT2D eigenvalue weighted by Gasteiger charge is 2.44. The average Bonchev–Trinajstić information content (AvgIpc) is 3.20. The molecular formula is C26H33N5O2S. The van der Waals surface area contributed by atoms with Crippen molar-refractivity contribution in [2.75, 3.05) is 44.6 Å². The van der Waals surface area contributed by atoms with Crippen LogP contribution in [0.5, 0.6) is 0 Å². The number of rotatable bonds is 5. The van der Waals surface area contributed by atoms with Gasteiger partial charge in [-0.25, -0.2) is 4.99 Å². The van der Waals surface area contributed by atoms with Crippen molar-refractivity contribution < 1.29 is 9.59 Å². The summed E-state index contributed by atoms with van der Waals surface area (Å²) in [4.78, 5) is 37.3. The molecular weight excluding hydrogens is 446 g/mol. The lowest BCUT2D eigenvalue weighted by Crippen LogP contribution is -2.49. The Morgan fingerprint density at radius 3 is 2.53 bits per heavy atom. The van der Waals surface area contributed by atoms with Crippen molar-refractivity contribution in [3.63, 3.8) is 0 Å². The van der Waals surface area contributed by atoms with Crippen LogP contribution in [0.25, 0.3) is 0 Å². The Kier molecular flexibility index (Phi) is 6.20. The molecule has 3 aliphatic heterocycles. The highest BCUT2D eigenvalue weighted by molar-refractivity contribution is 7.16. The number of fused-ring (bicyclic) bond motifs is 2. The molecule has 7 nitrogen and oxygen atoms in total. The Bertz CT molecular complexity index is 1130. The molecule has 2 aromatic rings. The van der Waals surface area contributed by atoms with E-state index in [-0.39, 0.29) is 11.8 Å². The summed E-state index contributed by atoms with van der Waals surface area (Å²) in [6, 6.07) is 10.5. The largest absolute Gasteiger partial charge is 0.353 e. The lowest BCUT2D eigenvalue weighted by atomic mass is 9.92. The van der Waals surface area contributed by atoms with E-state index in [0.717, 1.165) is 67.8 Å². The highest BCUT2D eigenvalue weighted by Crippen LogP contribution is 2.39. The topological polar surface area (TPSA) is 68.2 Å². The number of amidine groups is 1. The van der Waals surface area contributed by atoms with Gasteiger partial charge in [-0.3, -0.25) is 19.4 Å². The zero-order valence-electron chi connectivity index (χ0n) is 20.3. The van der Waals surface area contributed by atoms with Crippen LogP contribution in [0, 0.1) is 12.3 Å². The van der Waals surface area contributed by atoms with Crippen LogP contribution in [0.1, 0.15) is 43.6 Å². The van der Waals surface area contributed by atoms with Gasteiger partial charge in [0.2, 0.25) is 11.8 Å². The number of aryl methyl sites for hydroxylation is 1. The predicted octanol–water partition coefficient (Wildman–Crippen LogP) is 4.37. The third-order valence-corrected chi connectivity index (χ3v) is 7.94. The predicted molar refractivity (Wildman–Crippen MR) is 137 cm³/mol. The first kappa shape index (κ1) is 23.1. The minimum Gasteiger partial charge on any atom is -0.353 e. The van der Waals surface area contributed by atoms with Crippen LogP contribution >= 0.6 is 11.3 Å². The van der Waals surface area contributed by atoms with Crippen LogP contribution < -0.4 is 5.32 Å². The molecule has 0 unspecified atom stereocenters. The maximum absolute atomic E-state index is 12.4. The minimum atomic E-state index is -0.537. The maximum atomic E-state index is 12.4. The number of aliphatic imine (C=N–C) groups is 1. The van der Waals surface area contributed by atoms with E-state index in [1.165, 1.54) is 15.3 Å². The zero-order valence-corrected chi connectivity index (χ0v) is 21.1. The van der Waals surface area contributed by atoms with Crippen LogP contribution in [0.4, 0.5) is 16.4 Å². The molecule has 0 aliphatic carbocycles. The number of anilines is 2. The van der Waals surface area contributed by atoms with Gasteiger partial charge in [-0.05, 0) is 44.5 Å². The van der Waals surface area contributed by atoms with E-state index in [9.17, 15) is 9.59 Å². The summed E-state index contributed by atoms with van der Waals surface area (Å²) in [5.41, 5.74) is 2.69. The van der Waals surface area contributed by atoms with Crippen molar-refractivity contribution in [2.45, 2.75) is 40.0 Å². The number of imide groups is 1. The van der Waals surface area contributed by atoms with E-state index >= 15 is 0 Å². The monoisotopic (exact) mass is 479 g/mol. The van der Waals surface area contributed by atoms with E-state index in [4.69, 9.17) is 4.99 Å². The van der Waals surface area contributed by atoms with Crippen LogP contribution in [0.2, 0.25) is 0 Å². The maximum Gasteiger partial charge on any atom is 0.235 e. The zero-order chi connectivity index (χ0) is 23.9. The molecule has 4 heterocycles. The van der Waals surface area contributed by atoms with Gasteiger partial charge in [0.05, 0.1) is 22.4 Å². The second kappa shape index (κ2) is 9.15. The number of hydrogen-bond donors (Lipinski definition) is 1. The fourth-order valence-corrected chi connectivity index (χ4v) is 5.95. The quantitative estimate of drug-likeness (QED) is 0.509. The normalized spacial score (nSPS) is 20.0. The molecule has 0 spiro atoms. The van der Waals surface area contributed by atoms with Crippen molar-refractivity contribution in [1.29, 1.82) is 0 Å². The summed E-state index contributed by atoms with van der Waals surface area (Å²) in [7, 11) is 0. The SMILES string of the molecule is Cc1cc2c(s1)Nc1ccccc1N=C2N1CCN(CCCCN2C(=O)CC(C)(C)C2=O)CC1. The summed E-state index contributed by atoms with van der Waals surface area (Å²) >= 11 is 1.78. The minimum absolute atomic E-state index is 0.0191. The molecule has 0 saturated carbocycles. The number of piperazine rings is 1. The Morgan fingerprint density at radius 2 is 1.79 bits per heavy atom. The number of amides is 2. The molecule has 34 heavy (non-hydrogen) atoms. The fourth-order valence-electron chi connectivity index (χ4n) is 5.03. The number of carbonyl (C=O) groups excluding carboxylic acids is 2. The second-order valence-electron chi connectivity index (χ2n) is 10.1. The lowest BCUT2D eigenvalue weighted by molar-refractivity contribution is -0.140. The number of unbranched alkanes of at least 4 members (excludes halogenated alkanes) is 1. The van der Waals surface area contributed by atoms with Crippen LogP contribution in [0.3, 0.4) is 0 Å². The summed E-state index contributed by atoms with van der Waals surface area (Å²) in [5.74, 6) is 1.02. The summed E-state index contributed by atoms with van der Waals surface area (Å²) < 4.78 is 0. The van der Waals surface area contributed by atoms with E-state index in [1.54, 1.807) is 11.3 Å². The Hall–Kier alpha value is -2.71. The molecule has 0 atom stereocenters. The number of nitrogens with zero attached hydrogens (tertiary/aromatic N) is 4. The third-order valence-electron chi connectivity index (χ3n) is 6.97. The van der Waals surface area contributed by atoms with E-state index in [2.05, 4.69) is 40.2 Å². The summed E-state index contributed by atoms with van der Waals surface area (Å²) in [6.07, 6.45) is 2.19. The van der Waals surface area contributed by atoms with E-state index < -0.39 is 5.41 Å². The molecule has 1 aromatic heterocycles. The molecule has 0 bridgehead atoms.